The molecule has 0 fully saturated rings. The summed E-state index contributed by atoms with van der Waals surface area (Å²) >= 11 is 5.79. The molecule has 1 aromatic carbocycles. The van der Waals surface area contributed by atoms with Gasteiger partial charge in [0.2, 0.25) is 5.91 Å². The van der Waals surface area contributed by atoms with Crippen LogP contribution in [0.3, 0.4) is 0 Å². The molecule has 0 aliphatic heterocycles. The molecule has 0 aliphatic rings. The molecule has 1 aromatic rings. The minimum Gasteiger partial charge on any atom is -0.397 e. The van der Waals surface area contributed by atoms with Crippen LogP contribution in [0.1, 0.15) is 0 Å². The van der Waals surface area contributed by atoms with Crippen molar-refractivity contribution in [2.45, 2.75) is 0 Å². The zero-order chi connectivity index (χ0) is 13.2. The number of sulfone groups is 1. The number of hydrogen-bond donors (Lipinski definition) is 1. The Morgan fingerprint density at radius 2 is 2.06 bits per heavy atom. The van der Waals surface area contributed by atoms with E-state index in [1.165, 1.54) is 18.0 Å². The van der Waals surface area contributed by atoms with Crippen LogP contribution in [0.4, 0.5) is 11.4 Å². The summed E-state index contributed by atoms with van der Waals surface area (Å²) in [5.74, 6) is -1.11. The maximum absolute atomic E-state index is 11.7. The third-order valence-corrected chi connectivity index (χ3v) is 3.12. The third kappa shape index (κ3) is 3.90. The first kappa shape index (κ1) is 13.8. The zero-order valence-corrected chi connectivity index (χ0v) is 11.0. The smallest absolute Gasteiger partial charge is 0.241 e. The van der Waals surface area contributed by atoms with Crippen LogP contribution in [-0.2, 0) is 14.6 Å². The van der Waals surface area contributed by atoms with Crippen molar-refractivity contribution in [3.63, 3.8) is 0 Å². The number of amides is 1. The molecule has 7 heteroatoms. The Labute approximate surface area is 105 Å². The van der Waals surface area contributed by atoms with Gasteiger partial charge in [0.05, 0.1) is 11.4 Å². The Morgan fingerprint density at radius 3 is 2.59 bits per heavy atom. The van der Waals surface area contributed by atoms with Gasteiger partial charge in [0, 0.05) is 18.3 Å². The number of carbonyl (C=O) groups is 1. The molecule has 5 nitrogen and oxygen atoms in total. The van der Waals surface area contributed by atoms with E-state index in [0.29, 0.717) is 16.4 Å². The van der Waals surface area contributed by atoms with Crippen molar-refractivity contribution in [2.75, 3.05) is 29.7 Å². The number of carbonyl (C=O) groups excluding carboxylic acids is 1. The Balaban J connectivity index is 3.00. The Morgan fingerprint density at radius 1 is 1.47 bits per heavy atom. The summed E-state index contributed by atoms with van der Waals surface area (Å²) in [5, 5.41) is 0.424. The van der Waals surface area contributed by atoms with Gasteiger partial charge in [0.15, 0.2) is 9.84 Å². The summed E-state index contributed by atoms with van der Waals surface area (Å²) < 4.78 is 22.0. The first-order chi connectivity index (χ1) is 7.70. The van der Waals surface area contributed by atoms with Crippen LogP contribution in [0, 0.1) is 0 Å². The van der Waals surface area contributed by atoms with Crippen LogP contribution < -0.4 is 10.6 Å². The van der Waals surface area contributed by atoms with E-state index in [1.54, 1.807) is 12.1 Å². The van der Waals surface area contributed by atoms with Crippen molar-refractivity contribution in [3.8, 4) is 0 Å². The largest absolute Gasteiger partial charge is 0.397 e. The topological polar surface area (TPSA) is 80.5 Å². The molecule has 1 amide bonds. The summed E-state index contributed by atoms with van der Waals surface area (Å²) in [6.07, 6.45) is 1.00. The van der Waals surface area contributed by atoms with Gasteiger partial charge in [0.1, 0.15) is 5.75 Å². The maximum atomic E-state index is 11.7. The third-order valence-electron chi connectivity index (χ3n) is 2.11. The van der Waals surface area contributed by atoms with E-state index < -0.39 is 21.5 Å². The second kappa shape index (κ2) is 4.93. The van der Waals surface area contributed by atoms with Gasteiger partial charge in [-0.3, -0.25) is 4.79 Å². The van der Waals surface area contributed by atoms with Crippen molar-refractivity contribution in [2.24, 2.45) is 0 Å². The lowest BCUT2D eigenvalue weighted by Crippen LogP contribution is -2.32. The first-order valence-electron chi connectivity index (χ1n) is 4.70. The highest BCUT2D eigenvalue weighted by molar-refractivity contribution is 7.91. The first-order valence-corrected chi connectivity index (χ1v) is 7.14. The van der Waals surface area contributed by atoms with Crippen LogP contribution in [0.25, 0.3) is 0 Å². The van der Waals surface area contributed by atoms with E-state index in [-0.39, 0.29) is 0 Å². The number of nitrogens with zero attached hydrogens (tertiary/aromatic N) is 1. The molecule has 0 unspecified atom stereocenters. The molecule has 0 heterocycles. The van der Waals surface area contributed by atoms with Crippen LogP contribution >= 0.6 is 11.6 Å². The fraction of sp³-hybridized carbons (Fsp3) is 0.300. The van der Waals surface area contributed by atoms with E-state index in [2.05, 4.69) is 0 Å². The van der Waals surface area contributed by atoms with Gasteiger partial charge in [-0.2, -0.15) is 0 Å². The zero-order valence-electron chi connectivity index (χ0n) is 9.47. The van der Waals surface area contributed by atoms with Gasteiger partial charge in [-0.25, -0.2) is 8.42 Å². The highest BCUT2D eigenvalue weighted by atomic mass is 35.5. The van der Waals surface area contributed by atoms with Crippen molar-refractivity contribution >= 4 is 38.7 Å². The fourth-order valence-corrected chi connectivity index (χ4v) is 2.07. The molecular formula is C10H13ClN2O3S. The Bertz CT molecular complexity index is 542. The summed E-state index contributed by atoms with van der Waals surface area (Å²) in [5.41, 5.74) is 6.44. The van der Waals surface area contributed by atoms with Crippen molar-refractivity contribution in [1.82, 2.24) is 0 Å². The SMILES string of the molecule is CN(C(=O)CS(C)(=O)=O)c1cc(Cl)ccc1N. The molecule has 0 saturated heterocycles. The molecule has 2 N–H and O–H groups in total. The fourth-order valence-electron chi connectivity index (χ4n) is 1.26. The van der Waals surface area contributed by atoms with E-state index in [1.807, 2.05) is 0 Å². The van der Waals surface area contributed by atoms with Crippen LogP contribution in [0.5, 0.6) is 0 Å². The molecule has 0 bridgehead atoms. The molecule has 0 atom stereocenters. The van der Waals surface area contributed by atoms with Gasteiger partial charge in [-0.05, 0) is 18.2 Å². The molecule has 0 aromatic heterocycles. The normalized spacial score (nSPS) is 11.2. The lowest BCUT2D eigenvalue weighted by Gasteiger charge is -2.19. The second-order valence-electron chi connectivity index (χ2n) is 3.73. The summed E-state index contributed by atoms with van der Waals surface area (Å²) in [7, 11) is -1.91. The summed E-state index contributed by atoms with van der Waals surface area (Å²) in [4.78, 5) is 12.9. The van der Waals surface area contributed by atoms with Crippen molar-refractivity contribution in [1.29, 1.82) is 0 Å². The highest BCUT2D eigenvalue weighted by Gasteiger charge is 2.18. The standard InChI is InChI=1S/C10H13ClN2O3S/c1-13(10(14)6-17(2,15)16)9-5-7(11)3-4-8(9)12/h3-5H,6,12H2,1-2H3. The van der Waals surface area contributed by atoms with E-state index in [0.717, 1.165) is 6.26 Å². The maximum Gasteiger partial charge on any atom is 0.241 e. The quantitative estimate of drug-likeness (QED) is 0.833. The molecule has 1 rings (SSSR count). The van der Waals surface area contributed by atoms with Crippen molar-refractivity contribution < 1.29 is 13.2 Å². The van der Waals surface area contributed by atoms with E-state index in [4.69, 9.17) is 17.3 Å². The van der Waals surface area contributed by atoms with E-state index >= 15 is 0 Å². The Hall–Kier alpha value is -1.27. The molecule has 0 saturated carbocycles. The lowest BCUT2D eigenvalue weighted by molar-refractivity contribution is -0.115. The molecular weight excluding hydrogens is 264 g/mol. The molecule has 0 spiro atoms. The van der Waals surface area contributed by atoms with Crippen LogP contribution in [0.2, 0.25) is 5.02 Å². The predicted octanol–water partition coefficient (Wildman–Crippen LogP) is 0.930. The summed E-state index contributed by atoms with van der Waals surface area (Å²) in [6, 6.07) is 4.66. The minimum atomic E-state index is -3.36. The second-order valence-corrected chi connectivity index (χ2v) is 6.30. The Kier molecular flexibility index (Phi) is 4.00. The van der Waals surface area contributed by atoms with Crippen LogP contribution in [0.15, 0.2) is 18.2 Å². The van der Waals surface area contributed by atoms with Crippen molar-refractivity contribution in [3.05, 3.63) is 23.2 Å². The van der Waals surface area contributed by atoms with E-state index in [9.17, 15) is 13.2 Å². The molecule has 94 valence electrons. The van der Waals surface area contributed by atoms with Gasteiger partial charge in [-0.1, -0.05) is 11.6 Å². The summed E-state index contributed by atoms with van der Waals surface area (Å²) in [6.45, 7) is 0. The minimum absolute atomic E-state index is 0.360. The van der Waals surface area contributed by atoms with Crippen LogP contribution in [-0.4, -0.2) is 33.4 Å². The van der Waals surface area contributed by atoms with Gasteiger partial charge in [0.25, 0.3) is 0 Å². The number of anilines is 2. The number of nitrogens with two attached hydrogens (primary N) is 1. The van der Waals surface area contributed by atoms with Gasteiger partial charge in [-0.15, -0.1) is 0 Å². The number of rotatable bonds is 3. The highest BCUT2D eigenvalue weighted by Crippen LogP contribution is 2.26. The molecule has 17 heavy (non-hydrogen) atoms. The predicted molar refractivity (Wildman–Crippen MR) is 69.0 cm³/mol. The monoisotopic (exact) mass is 276 g/mol. The number of halogens is 1. The number of nitrogen functional groups attached to an aromatic ring is 1. The molecule has 0 aliphatic carbocycles. The lowest BCUT2D eigenvalue weighted by atomic mass is 10.2. The average molecular weight is 277 g/mol. The number of benzene rings is 1. The molecule has 0 radical (unpaired) electrons. The number of hydrogen-bond acceptors (Lipinski definition) is 4. The van der Waals surface area contributed by atoms with Gasteiger partial charge >= 0.3 is 0 Å². The van der Waals surface area contributed by atoms with Gasteiger partial charge < -0.3 is 10.6 Å². The average Bonchev–Trinajstić information content (AvgIpc) is 2.18.